The van der Waals surface area contributed by atoms with E-state index in [1.807, 2.05) is 0 Å². The molecule has 140 valence electrons. The molecule has 2 bridgehead atoms. The Morgan fingerprint density at radius 3 is 2.65 bits per heavy atom. The molecule has 5 nitrogen and oxygen atoms in total. The van der Waals surface area contributed by atoms with Gasteiger partial charge in [-0.1, -0.05) is 5.16 Å². The summed E-state index contributed by atoms with van der Waals surface area (Å²) in [5.41, 5.74) is 0.0629. The molecule has 1 N–H and O–H groups in total. The second kappa shape index (κ2) is 6.38. The second-order valence-electron chi connectivity index (χ2n) is 6.86. The Kier molecular flexibility index (Phi) is 4.31. The van der Waals surface area contributed by atoms with Gasteiger partial charge in [-0.3, -0.25) is 4.79 Å². The van der Waals surface area contributed by atoms with E-state index in [-0.39, 0.29) is 23.2 Å². The number of halogens is 3. The Morgan fingerprint density at radius 1 is 1.35 bits per heavy atom. The third-order valence-electron chi connectivity index (χ3n) is 5.22. The van der Waals surface area contributed by atoms with E-state index >= 15 is 0 Å². The maximum Gasteiger partial charge on any atom is 0.452 e. The van der Waals surface area contributed by atoms with Gasteiger partial charge in [0.2, 0.25) is 5.76 Å². The van der Waals surface area contributed by atoms with Crippen LogP contribution in [-0.4, -0.2) is 41.6 Å². The number of carbonyl (C=O) groups is 1. The molecule has 0 saturated carbocycles. The second-order valence-corrected chi connectivity index (χ2v) is 7.95. The zero-order valence-electron chi connectivity index (χ0n) is 14.1. The first-order chi connectivity index (χ1) is 12.3. The van der Waals surface area contributed by atoms with Crippen LogP contribution in [0.1, 0.15) is 33.8 Å². The van der Waals surface area contributed by atoms with Crippen LogP contribution in [-0.2, 0) is 6.18 Å². The molecule has 0 aliphatic carbocycles. The van der Waals surface area contributed by atoms with Crippen molar-refractivity contribution in [3.05, 3.63) is 28.3 Å². The van der Waals surface area contributed by atoms with Crippen LogP contribution in [0.4, 0.5) is 13.2 Å². The number of amides is 1. The minimum Gasteiger partial charge on any atom is -0.351 e. The molecule has 3 fully saturated rings. The van der Waals surface area contributed by atoms with Gasteiger partial charge < -0.3 is 14.7 Å². The molecule has 1 atom stereocenters. The highest BCUT2D eigenvalue weighted by molar-refractivity contribution is 7.17. The van der Waals surface area contributed by atoms with E-state index in [9.17, 15) is 18.0 Å². The van der Waals surface area contributed by atoms with Crippen molar-refractivity contribution < 1.29 is 22.5 Å². The molecular weight excluding hydrogens is 367 g/mol. The standard InChI is InChI=1S/C17H18F3N3O2S/c1-9-14(22-25-15(9)17(18,19)20)12-2-3-13(26-12)16(24)21-11-8-23-6-4-10(11)5-7-23/h2-3,10-11H,4-8H2,1H3,(H,21,24). The number of thiophene rings is 1. The zero-order chi connectivity index (χ0) is 18.5. The molecule has 5 rings (SSSR count). The Hall–Kier alpha value is -1.87. The predicted molar refractivity (Wildman–Crippen MR) is 90.0 cm³/mol. The number of hydrogen-bond acceptors (Lipinski definition) is 5. The van der Waals surface area contributed by atoms with Crippen molar-refractivity contribution in [1.82, 2.24) is 15.4 Å². The fraction of sp³-hybridized carbons (Fsp3) is 0.529. The van der Waals surface area contributed by atoms with Crippen molar-refractivity contribution in [1.29, 1.82) is 0 Å². The van der Waals surface area contributed by atoms with Gasteiger partial charge in [0.05, 0.1) is 9.75 Å². The predicted octanol–water partition coefficient (Wildman–Crippen LogP) is 3.55. The van der Waals surface area contributed by atoms with Gasteiger partial charge in [0.1, 0.15) is 5.69 Å². The molecule has 1 amide bonds. The van der Waals surface area contributed by atoms with E-state index in [1.165, 1.54) is 6.92 Å². The van der Waals surface area contributed by atoms with Crippen LogP contribution in [0.25, 0.3) is 10.6 Å². The first-order valence-corrected chi connectivity index (χ1v) is 9.31. The Balaban J connectivity index is 1.50. The van der Waals surface area contributed by atoms with Crippen molar-refractivity contribution in [2.45, 2.75) is 32.0 Å². The molecule has 2 aromatic heterocycles. The molecule has 0 spiro atoms. The SMILES string of the molecule is Cc1c(-c2ccc(C(=O)NC3CN4CCC3CC4)s2)noc1C(F)(F)F. The number of rotatable bonds is 3. The first-order valence-electron chi connectivity index (χ1n) is 8.50. The molecule has 9 heteroatoms. The summed E-state index contributed by atoms with van der Waals surface area (Å²) in [6.07, 6.45) is -2.39. The third-order valence-corrected chi connectivity index (χ3v) is 6.31. The Labute approximate surface area is 152 Å². The lowest BCUT2D eigenvalue weighted by atomic mass is 9.84. The van der Waals surface area contributed by atoms with E-state index in [0.717, 1.165) is 43.8 Å². The summed E-state index contributed by atoms with van der Waals surface area (Å²) >= 11 is 1.13. The average molecular weight is 385 g/mol. The number of hydrogen-bond donors (Lipinski definition) is 1. The summed E-state index contributed by atoms with van der Waals surface area (Å²) in [4.78, 5) is 15.8. The molecule has 5 heterocycles. The highest BCUT2D eigenvalue weighted by Gasteiger charge is 2.39. The summed E-state index contributed by atoms with van der Waals surface area (Å²) in [5, 5.41) is 6.63. The molecular formula is C17H18F3N3O2S. The van der Waals surface area contributed by atoms with Gasteiger partial charge in [0.15, 0.2) is 0 Å². The summed E-state index contributed by atoms with van der Waals surface area (Å²) in [5.74, 6) is -0.771. The Morgan fingerprint density at radius 2 is 2.08 bits per heavy atom. The largest absolute Gasteiger partial charge is 0.452 e. The molecule has 0 radical (unpaired) electrons. The Bertz CT molecular complexity index is 822. The molecule has 26 heavy (non-hydrogen) atoms. The van der Waals surface area contributed by atoms with Gasteiger partial charge in [0, 0.05) is 18.2 Å². The van der Waals surface area contributed by atoms with Crippen LogP contribution < -0.4 is 5.32 Å². The van der Waals surface area contributed by atoms with E-state index < -0.39 is 11.9 Å². The fourth-order valence-corrected chi connectivity index (χ4v) is 4.73. The normalized spacial score (nSPS) is 25.5. The molecule has 2 aromatic rings. The lowest BCUT2D eigenvalue weighted by molar-refractivity contribution is -0.156. The lowest BCUT2D eigenvalue weighted by Crippen LogP contribution is -2.57. The molecule has 0 aromatic carbocycles. The van der Waals surface area contributed by atoms with Crippen LogP contribution in [0, 0.1) is 12.8 Å². The number of aromatic nitrogens is 1. The van der Waals surface area contributed by atoms with E-state index in [1.54, 1.807) is 12.1 Å². The number of nitrogens with zero attached hydrogens (tertiary/aromatic N) is 2. The zero-order valence-corrected chi connectivity index (χ0v) is 14.9. The average Bonchev–Trinajstić information content (AvgIpc) is 3.22. The monoisotopic (exact) mass is 385 g/mol. The summed E-state index contributed by atoms with van der Waals surface area (Å²) in [6.45, 7) is 4.37. The maximum absolute atomic E-state index is 12.8. The smallest absolute Gasteiger partial charge is 0.351 e. The van der Waals surface area contributed by atoms with Crippen molar-refractivity contribution in [3.8, 4) is 10.6 Å². The number of nitrogens with one attached hydrogen (secondary N) is 1. The number of carbonyl (C=O) groups excluding carboxylic acids is 1. The van der Waals surface area contributed by atoms with Gasteiger partial charge >= 0.3 is 6.18 Å². The summed E-state index contributed by atoms with van der Waals surface area (Å²) in [6, 6.07) is 3.38. The molecule has 3 aliphatic heterocycles. The fourth-order valence-electron chi connectivity index (χ4n) is 3.79. The van der Waals surface area contributed by atoms with Gasteiger partial charge in [-0.15, -0.1) is 11.3 Å². The van der Waals surface area contributed by atoms with Gasteiger partial charge in [-0.25, -0.2) is 0 Å². The number of fused-ring (bicyclic) bond motifs is 3. The summed E-state index contributed by atoms with van der Waals surface area (Å²) in [7, 11) is 0. The van der Waals surface area contributed by atoms with Gasteiger partial charge in [-0.2, -0.15) is 13.2 Å². The minimum atomic E-state index is -4.58. The van der Waals surface area contributed by atoms with Crippen molar-refractivity contribution in [3.63, 3.8) is 0 Å². The lowest BCUT2D eigenvalue weighted by Gasteiger charge is -2.44. The van der Waals surface area contributed by atoms with Crippen LogP contribution >= 0.6 is 11.3 Å². The molecule has 3 aliphatic rings. The van der Waals surface area contributed by atoms with Gasteiger partial charge in [-0.05, 0) is 50.9 Å². The van der Waals surface area contributed by atoms with Crippen molar-refractivity contribution in [2.24, 2.45) is 5.92 Å². The van der Waals surface area contributed by atoms with Crippen LogP contribution in [0.15, 0.2) is 16.7 Å². The highest BCUT2D eigenvalue weighted by atomic mass is 32.1. The third kappa shape index (κ3) is 3.14. The van der Waals surface area contributed by atoms with E-state index in [0.29, 0.717) is 15.7 Å². The van der Waals surface area contributed by atoms with Crippen LogP contribution in [0.2, 0.25) is 0 Å². The first kappa shape index (κ1) is 17.5. The topological polar surface area (TPSA) is 58.4 Å². The molecule has 1 unspecified atom stereocenters. The van der Waals surface area contributed by atoms with Crippen LogP contribution in [0.5, 0.6) is 0 Å². The minimum absolute atomic E-state index is 0.0660. The number of alkyl halides is 3. The highest BCUT2D eigenvalue weighted by Crippen LogP contribution is 2.38. The maximum atomic E-state index is 12.8. The van der Waals surface area contributed by atoms with Gasteiger partial charge in [0.25, 0.3) is 5.91 Å². The molecule has 3 saturated heterocycles. The van der Waals surface area contributed by atoms with Crippen molar-refractivity contribution in [2.75, 3.05) is 19.6 Å². The van der Waals surface area contributed by atoms with Crippen molar-refractivity contribution >= 4 is 17.2 Å². The van der Waals surface area contributed by atoms with E-state index in [4.69, 9.17) is 0 Å². The quantitative estimate of drug-likeness (QED) is 0.878. The van der Waals surface area contributed by atoms with E-state index in [2.05, 4.69) is 19.9 Å². The summed E-state index contributed by atoms with van der Waals surface area (Å²) < 4.78 is 43.0. The number of piperidine rings is 3. The van der Waals surface area contributed by atoms with Crippen LogP contribution in [0.3, 0.4) is 0 Å².